The van der Waals surface area contributed by atoms with Gasteiger partial charge in [-0.25, -0.2) is 5.01 Å². The van der Waals surface area contributed by atoms with Crippen LogP contribution in [0.25, 0.3) is 0 Å². The Morgan fingerprint density at radius 3 is 1.70 bits per heavy atom. The summed E-state index contributed by atoms with van der Waals surface area (Å²) in [5.41, 5.74) is -0.178. The number of nitro benzene ring substituents is 3. The molecule has 200 valence electrons. The van der Waals surface area contributed by atoms with Gasteiger partial charge >= 0.3 is 0 Å². The monoisotopic (exact) mass is 541 g/mol. The van der Waals surface area contributed by atoms with E-state index < -0.39 is 37.6 Å². The zero-order valence-electron chi connectivity index (χ0n) is 20.5. The molecule has 5 rings (SSSR count). The minimum atomic E-state index is -1.46. The number of nitro groups is 3. The molecule has 14 heteroatoms. The van der Waals surface area contributed by atoms with Gasteiger partial charge in [0, 0.05) is 22.8 Å². The maximum atomic E-state index is 11.1. The van der Waals surface area contributed by atoms with Crippen LogP contribution in [-0.4, -0.2) is 32.0 Å². The summed E-state index contributed by atoms with van der Waals surface area (Å²) in [6.45, 7) is 0.574. The van der Waals surface area contributed by atoms with Crippen molar-refractivity contribution in [3.05, 3.63) is 139 Å². The summed E-state index contributed by atoms with van der Waals surface area (Å²) in [6.07, 6.45) is 0. The van der Waals surface area contributed by atoms with Gasteiger partial charge in [0.05, 0.1) is 38.3 Å². The van der Waals surface area contributed by atoms with Crippen molar-refractivity contribution in [3.63, 3.8) is 0 Å². The van der Waals surface area contributed by atoms with Crippen LogP contribution in [0, 0.1) is 30.3 Å². The lowest BCUT2D eigenvalue weighted by Gasteiger charge is -2.20. The Bertz CT molecular complexity index is 1580. The fourth-order valence-electron chi connectivity index (χ4n) is 3.58. The average molecular weight is 541 g/mol. The molecule has 0 bridgehead atoms. The van der Waals surface area contributed by atoms with Gasteiger partial charge in [-0.3, -0.25) is 30.3 Å². The van der Waals surface area contributed by atoms with Gasteiger partial charge < -0.3 is 5.11 Å². The van der Waals surface area contributed by atoms with E-state index in [2.05, 4.69) is 24.3 Å². The average Bonchev–Trinajstić information content (AvgIpc) is 2.98. The highest BCUT2D eigenvalue weighted by Gasteiger charge is 2.26. The molecule has 1 heterocycles. The first-order valence-corrected chi connectivity index (χ1v) is 11.5. The minimum Gasteiger partial charge on any atom is -0.863 e. The summed E-state index contributed by atoms with van der Waals surface area (Å²) in [5, 5.41) is 53.6. The van der Waals surface area contributed by atoms with Gasteiger partial charge in [-0.2, -0.15) is 0 Å². The number of benzene rings is 4. The Morgan fingerprint density at radius 1 is 0.700 bits per heavy atom. The summed E-state index contributed by atoms with van der Waals surface area (Å²) in [6, 6.07) is 31.1. The number of hydrazone groups is 1. The number of amidine groups is 1. The van der Waals surface area contributed by atoms with Crippen LogP contribution in [0.3, 0.4) is 0 Å². The molecule has 0 N–H and O–H groups in total. The topological polar surface area (TPSA) is 183 Å². The second-order valence-corrected chi connectivity index (χ2v) is 8.09. The third-order valence-corrected chi connectivity index (χ3v) is 5.48. The van der Waals surface area contributed by atoms with E-state index in [-0.39, 0.29) is 0 Å². The van der Waals surface area contributed by atoms with E-state index in [1.54, 1.807) is 0 Å². The number of anilines is 1. The normalized spacial score (nSPS) is 12.3. The van der Waals surface area contributed by atoms with E-state index in [9.17, 15) is 35.4 Å². The Hall–Kier alpha value is -6.05. The largest absolute Gasteiger partial charge is 0.863 e. The van der Waals surface area contributed by atoms with Crippen molar-refractivity contribution in [1.29, 1.82) is 0 Å². The molecule has 0 spiro atoms. The van der Waals surface area contributed by atoms with Crippen molar-refractivity contribution < 1.29 is 24.6 Å². The highest BCUT2D eigenvalue weighted by Crippen LogP contribution is 2.36. The number of nitrogens with zero attached hydrogens (tertiary/aromatic N) is 7. The van der Waals surface area contributed by atoms with E-state index in [1.165, 1.54) is 0 Å². The molecule has 14 nitrogen and oxygen atoms in total. The molecule has 0 unspecified atom stereocenters. The molecule has 0 aromatic heterocycles. The summed E-state index contributed by atoms with van der Waals surface area (Å²) in [5.74, 6) is -0.754. The predicted molar refractivity (Wildman–Crippen MR) is 141 cm³/mol. The molecule has 0 amide bonds. The molecule has 0 aliphatic carbocycles. The number of rotatable bonds is 6. The van der Waals surface area contributed by atoms with E-state index in [0.29, 0.717) is 24.6 Å². The van der Waals surface area contributed by atoms with Gasteiger partial charge in [0.2, 0.25) is 11.5 Å². The number of azo groups is 2. The van der Waals surface area contributed by atoms with E-state index in [4.69, 9.17) is 10.2 Å². The highest BCUT2D eigenvalue weighted by molar-refractivity contribution is 5.99. The number of hydrogen-bond donors (Lipinski definition) is 0. The Balaban J connectivity index is 0.000000202. The molecule has 0 radical (unpaired) electrons. The van der Waals surface area contributed by atoms with Gasteiger partial charge in [-0.15, -0.1) is 5.10 Å². The smallest absolute Gasteiger partial charge is 0.283 e. The lowest BCUT2D eigenvalue weighted by molar-refractivity contribution is -0.508. The maximum absolute atomic E-state index is 11.1. The molecule has 4 aromatic rings. The molecular weight excluding hydrogens is 522 g/mol. The van der Waals surface area contributed by atoms with E-state index in [0.717, 1.165) is 16.9 Å². The fourth-order valence-corrected chi connectivity index (χ4v) is 3.58. The third kappa shape index (κ3) is 6.25. The zero-order chi connectivity index (χ0) is 28.6. The lowest BCUT2D eigenvalue weighted by Crippen LogP contribution is -2.31. The fraction of sp³-hybridized carbons (Fsp3) is 0.0385. The molecule has 0 saturated carbocycles. The van der Waals surface area contributed by atoms with Crippen LogP contribution >= 0.6 is 0 Å². The van der Waals surface area contributed by atoms with Crippen molar-refractivity contribution in [3.8, 4) is 5.75 Å². The first-order valence-electron chi connectivity index (χ1n) is 11.5. The molecule has 0 saturated heterocycles. The van der Waals surface area contributed by atoms with Crippen LogP contribution in [-0.2, 0) is 0 Å². The van der Waals surface area contributed by atoms with Crippen LogP contribution in [0.1, 0.15) is 5.56 Å². The first kappa shape index (κ1) is 27.0. The van der Waals surface area contributed by atoms with Gasteiger partial charge in [-0.05, 0) is 12.1 Å². The minimum absolute atomic E-state index is 0.384. The summed E-state index contributed by atoms with van der Waals surface area (Å²) >= 11 is 0. The second kappa shape index (κ2) is 12.0. The zero-order valence-corrected chi connectivity index (χ0v) is 20.5. The van der Waals surface area contributed by atoms with Crippen LogP contribution < -0.4 is 10.1 Å². The molecule has 0 atom stereocenters. The summed E-state index contributed by atoms with van der Waals surface area (Å²) < 4.78 is 1.97. The number of para-hydroxylation sites is 2. The van der Waals surface area contributed by atoms with E-state index >= 15 is 0 Å². The van der Waals surface area contributed by atoms with Crippen LogP contribution in [0.4, 0.5) is 28.4 Å². The summed E-state index contributed by atoms with van der Waals surface area (Å²) in [4.78, 5) is 27.5. The van der Waals surface area contributed by atoms with Crippen LogP contribution in [0.2, 0.25) is 0 Å². The maximum Gasteiger partial charge on any atom is 0.283 e. The van der Waals surface area contributed by atoms with Crippen LogP contribution in [0.5, 0.6) is 5.75 Å². The predicted octanol–water partition coefficient (Wildman–Crippen LogP) is 5.11. The molecule has 4 aromatic carbocycles. The molecule has 40 heavy (non-hydrogen) atoms. The Labute approximate surface area is 225 Å². The third-order valence-electron chi connectivity index (χ3n) is 5.48. The lowest BCUT2D eigenvalue weighted by atomic mass is 10.2. The van der Waals surface area contributed by atoms with Crippen molar-refractivity contribution in [1.82, 2.24) is 0 Å². The quantitative estimate of drug-likeness (QED) is 0.183. The summed E-state index contributed by atoms with van der Waals surface area (Å²) in [7, 11) is 0. The van der Waals surface area contributed by atoms with Gasteiger partial charge in [0.1, 0.15) is 0 Å². The molecular formula is C26H19N7O7. The van der Waals surface area contributed by atoms with Crippen molar-refractivity contribution in [2.24, 2.45) is 10.2 Å². The number of non-ortho nitro benzene ring substituents is 1. The van der Waals surface area contributed by atoms with Crippen molar-refractivity contribution >= 4 is 34.3 Å². The van der Waals surface area contributed by atoms with Gasteiger partial charge in [-0.1, -0.05) is 71.4 Å². The van der Waals surface area contributed by atoms with Gasteiger partial charge in [0.25, 0.3) is 23.7 Å². The molecule has 1 aliphatic rings. The van der Waals surface area contributed by atoms with E-state index in [1.807, 2.05) is 76.4 Å². The van der Waals surface area contributed by atoms with Crippen molar-refractivity contribution in [2.75, 3.05) is 11.7 Å². The van der Waals surface area contributed by atoms with Crippen molar-refractivity contribution in [2.45, 2.75) is 0 Å². The number of hydrogen-bond acceptors (Lipinski definition) is 10. The standard InChI is InChI=1S/C20H17N4.C6H3N3O7/c1-4-10-17(11-5-1)20-21-23(18-12-6-2-7-13-18)16-24(22-20)19-14-8-3-9-15-19;10-6-4(8(13)14)1-3(7(11)12)2-5(6)9(15)16/h1-15H,16H2;1-2,10H/q+1;/p-1. The van der Waals surface area contributed by atoms with Crippen LogP contribution in [0.15, 0.2) is 113 Å². The Morgan fingerprint density at radius 2 is 1.20 bits per heavy atom. The first-order chi connectivity index (χ1) is 19.2. The highest BCUT2D eigenvalue weighted by atomic mass is 16.6. The second-order valence-electron chi connectivity index (χ2n) is 8.09. The Kier molecular flexibility index (Phi) is 8.10. The molecule has 1 aliphatic heterocycles. The molecule has 0 fully saturated rings. The van der Waals surface area contributed by atoms with Gasteiger partial charge in [0.15, 0.2) is 0 Å². The SMILES string of the molecule is O=[N+]([O-])c1cc([N+](=O)[O-])c([O-])c([N+](=O)[O-])c1.c1ccc(C2=NN(c3ccccc3)C[N+](c3ccccc3)=N2)cc1.